The van der Waals surface area contributed by atoms with Crippen LogP contribution in [0.4, 0.5) is 0 Å². The largest absolute Gasteiger partial charge is 0.469 e. The zero-order valence-electron chi connectivity index (χ0n) is 10.5. The first-order valence-corrected chi connectivity index (χ1v) is 6.48. The molecule has 1 aromatic heterocycles. The van der Waals surface area contributed by atoms with E-state index < -0.39 is 0 Å². The molecule has 0 aliphatic heterocycles. The van der Waals surface area contributed by atoms with Crippen molar-refractivity contribution in [1.82, 2.24) is 5.32 Å². The molecule has 0 aromatic carbocycles. The highest BCUT2D eigenvalue weighted by molar-refractivity contribution is 7.12. The second-order valence-corrected chi connectivity index (χ2v) is 4.78. The van der Waals surface area contributed by atoms with Crippen LogP contribution in [0.5, 0.6) is 0 Å². The van der Waals surface area contributed by atoms with Gasteiger partial charge in [0.1, 0.15) is 0 Å². The van der Waals surface area contributed by atoms with Crippen LogP contribution in [0.15, 0.2) is 12.1 Å². The third kappa shape index (κ3) is 5.29. The number of methoxy groups -OCH3 is 1. The molecule has 0 spiro atoms. The lowest BCUT2D eigenvalue weighted by Crippen LogP contribution is -2.23. The topological polar surface area (TPSA) is 64.6 Å². The van der Waals surface area contributed by atoms with E-state index in [-0.39, 0.29) is 18.5 Å². The van der Waals surface area contributed by atoms with Crippen LogP contribution in [0, 0.1) is 0 Å². The van der Waals surface area contributed by atoms with Gasteiger partial charge in [0.15, 0.2) is 0 Å². The van der Waals surface area contributed by atoms with Gasteiger partial charge in [-0.1, -0.05) is 0 Å². The van der Waals surface area contributed by atoms with Gasteiger partial charge in [-0.15, -0.1) is 11.3 Å². The first-order chi connectivity index (χ1) is 8.65. The standard InChI is InChI=1S/C12H17NO4S/c1-3-17-12(15)8-13-7-10-5-4-9(18-10)6-11(14)16-2/h4-5,13H,3,6-8H2,1-2H3. The maximum atomic E-state index is 11.1. The third-order valence-corrected chi connectivity index (χ3v) is 3.22. The van der Waals surface area contributed by atoms with Crippen molar-refractivity contribution in [3.05, 3.63) is 21.9 Å². The minimum absolute atomic E-state index is 0.193. The molecule has 6 heteroatoms. The molecule has 1 aromatic rings. The molecule has 0 atom stereocenters. The van der Waals surface area contributed by atoms with Crippen LogP contribution in [0.1, 0.15) is 16.7 Å². The van der Waals surface area contributed by atoms with Crippen LogP contribution in [-0.4, -0.2) is 32.2 Å². The Morgan fingerprint density at radius 1 is 1.28 bits per heavy atom. The van der Waals surface area contributed by atoms with Crippen molar-refractivity contribution in [2.75, 3.05) is 20.3 Å². The van der Waals surface area contributed by atoms with Crippen LogP contribution in [-0.2, 0) is 32.0 Å². The molecule has 0 saturated heterocycles. The molecule has 0 amide bonds. The summed E-state index contributed by atoms with van der Waals surface area (Å²) in [5, 5.41) is 2.99. The second-order valence-electron chi connectivity index (χ2n) is 3.53. The van der Waals surface area contributed by atoms with Crippen LogP contribution < -0.4 is 5.32 Å². The Hall–Kier alpha value is -1.40. The lowest BCUT2D eigenvalue weighted by Gasteiger charge is -2.02. The Balaban J connectivity index is 2.31. The second kappa shape index (κ2) is 7.84. The minimum Gasteiger partial charge on any atom is -0.469 e. The fourth-order valence-electron chi connectivity index (χ4n) is 1.33. The van der Waals surface area contributed by atoms with Crippen LogP contribution in [0.25, 0.3) is 0 Å². The molecule has 0 saturated carbocycles. The Kier molecular flexibility index (Phi) is 6.38. The molecule has 0 fully saturated rings. The molecule has 0 unspecified atom stereocenters. The van der Waals surface area contributed by atoms with E-state index in [9.17, 15) is 9.59 Å². The predicted molar refractivity (Wildman–Crippen MR) is 68.4 cm³/mol. The maximum Gasteiger partial charge on any atom is 0.319 e. The normalized spacial score (nSPS) is 10.1. The summed E-state index contributed by atoms with van der Waals surface area (Å²) in [6.07, 6.45) is 0.291. The number of thiophene rings is 1. The lowest BCUT2D eigenvalue weighted by atomic mass is 10.3. The summed E-state index contributed by atoms with van der Waals surface area (Å²) in [6.45, 7) is 2.95. The fourth-order valence-corrected chi connectivity index (χ4v) is 2.30. The van der Waals surface area contributed by atoms with Crippen molar-refractivity contribution < 1.29 is 19.1 Å². The van der Waals surface area contributed by atoms with Gasteiger partial charge in [-0.05, 0) is 19.1 Å². The lowest BCUT2D eigenvalue weighted by molar-refractivity contribution is -0.142. The van der Waals surface area contributed by atoms with Gasteiger partial charge in [-0.3, -0.25) is 9.59 Å². The maximum absolute atomic E-state index is 11.1. The molecule has 1 rings (SSSR count). The highest BCUT2D eigenvalue weighted by Gasteiger charge is 2.06. The van der Waals surface area contributed by atoms with Crippen LogP contribution in [0.3, 0.4) is 0 Å². The number of hydrogen-bond acceptors (Lipinski definition) is 6. The number of nitrogens with one attached hydrogen (secondary N) is 1. The number of carbonyl (C=O) groups excluding carboxylic acids is 2. The molecule has 0 bridgehead atoms. The summed E-state index contributed by atoms with van der Waals surface area (Å²) in [7, 11) is 1.37. The van der Waals surface area contributed by atoms with Gasteiger partial charge >= 0.3 is 11.9 Å². The Morgan fingerprint density at radius 2 is 2.00 bits per heavy atom. The highest BCUT2D eigenvalue weighted by atomic mass is 32.1. The Morgan fingerprint density at radius 3 is 2.67 bits per heavy atom. The summed E-state index contributed by atoms with van der Waals surface area (Å²) in [6, 6.07) is 3.82. The monoisotopic (exact) mass is 271 g/mol. The van der Waals surface area contributed by atoms with E-state index in [1.165, 1.54) is 18.4 Å². The van der Waals surface area contributed by atoms with Gasteiger partial charge in [0, 0.05) is 16.3 Å². The summed E-state index contributed by atoms with van der Waals surface area (Å²) in [4.78, 5) is 24.2. The number of ether oxygens (including phenoxy) is 2. The zero-order chi connectivity index (χ0) is 13.4. The Labute approximate surface area is 110 Å². The zero-order valence-corrected chi connectivity index (χ0v) is 11.3. The van der Waals surface area contributed by atoms with Crippen molar-refractivity contribution in [2.24, 2.45) is 0 Å². The number of carbonyl (C=O) groups is 2. The van der Waals surface area contributed by atoms with E-state index in [4.69, 9.17) is 4.74 Å². The average Bonchev–Trinajstić information content (AvgIpc) is 2.77. The van der Waals surface area contributed by atoms with E-state index in [2.05, 4.69) is 10.1 Å². The first-order valence-electron chi connectivity index (χ1n) is 5.66. The van der Waals surface area contributed by atoms with E-state index >= 15 is 0 Å². The SMILES string of the molecule is CCOC(=O)CNCc1ccc(CC(=O)OC)s1. The summed E-state index contributed by atoms with van der Waals surface area (Å²) in [5.41, 5.74) is 0. The Bertz CT molecular complexity index is 403. The van der Waals surface area contributed by atoms with E-state index in [0.717, 1.165) is 9.75 Å². The van der Waals surface area contributed by atoms with Crippen molar-refractivity contribution in [3.63, 3.8) is 0 Å². The predicted octanol–water partition coefficient (Wildman–Crippen LogP) is 1.12. The minimum atomic E-state index is -0.260. The van der Waals surface area contributed by atoms with E-state index in [0.29, 0.717) is 19.6 Å². The van der Waals surface area contributed by atoms with Gasteiger partial charge in [0.25, 0.3) is 0 Å². The van der Waals surface area contributed by atoms with Gasteiger partial charge in [-0.25, -0.2) is 0 Å². The molecule has 0 radical (unpaired) electrons. The molecule has 100 valence electrons. The summed E-state index contributed by atoms with van der Waals surface area (Å²) < 4.78 is 9.39. The van der Waals surface area contributed by atoms with Gasteiger partial charge in [-0.2, -0.15) is 0 Å². The number of rotatable bonds is 7. The third-order valence-electron chi connectivity index (χ3n) is 2.14. The van der Waals surface area contributed by atoms with E-state index in [1.807, 2.05) is 12.1 Å². The van der Waals surface area contributed by atoms with Crippen molar-refractivity contribution in [3.8, 4) is 0 Å². The number of esters is 2. The van der Waals surface area contributed by atoms with Crippen molar-refractivity contribution in [2.45, 2.75) is 19.9 Å². The highest BCUT2D eigenvalue weighted by Crippen LogP contribution is 2.17. The quantitative estimate of drug-likeness (QED) is 0.753. The van der Waals surface area contributed by atoms with Crippen molar-refractivity contribution in [1.29, 1.82) is 0 Å². The molecule has 18 heavy (non-hydrogen) atoms. The molecule has 1 N–H and O–H groups in total. The van der Waals surface area contributed by atoms with Gasteiger partial charge in [0.2, 0.25) is 0 Å². The smallest absolute Gasteiger partial charge is 0.319 e. The fraction of sp³-hybridized carbons (Fsp3) is 0.500. The van der Waals surface area contributed by atoms with Crippen LogP contribution in [0.2, 0.25) is 0 Å². The summed E-state index contributed by atoms with van der Waals surface area (Å²) in [5.74, 6) is -0.508. The van der Waals surface area contributed by atoms with Crippen LogP contribution >= 0.6 is 11.3 Å². The van der Waals surface area contributed by atoms with E-state index in [1.54, 1.807) is 6.92 Å². The van der Waals surface area contributed by atoms with Gasteiger partial charge in [0.05, 0.1) is 26.7 Å². The molecule has 0 aliphatic carbocycles. The first kappa shape index (κ1) is 14.7. The molecular weight excluding hydrogens is 254 g/mol. The number of hydrogen-bond donors (Lipinski definition) is 1. The van der Waals surface area contributed by atoms with Gasteiger partial charge < -0.3 is 14.8 Å². The molecule has 5 nitrogen and oxygen atoms in total. The average molecular weight is 271 g/mol. The molecular formula is C12H17NO4S. The molecule has 0 aliphatic rings. The molecule has 1 heterocycles. The summed E-state index contributed by atoms with van der Waals surface area (Å²) >= 11 is 1.53. The van der Waals surface area contributed by atoms with Crippen molar-refractivity contribution >= 4 is 23.3 Å².